The topological polar surface area (TPSA) is 69.7 Å². The van der Waals surface area contributed by atoms with Gasteiger partial charge in [-0.15, -0.1) is 11.3 Å². The molecule has 6 nitrogen and oxygen atoms in total. The molecule has 2 aliphatic heterocycles. The van der Waals surface area contributed by atoms with Crippen LogP contribution in [0.25, 0.3) is 10.2 Å². The van der Waals surface area contributed by atoms with E-state index in [-0.39, 0.29) is 17.9 Å². The van der Waals surface area contributed by atoms with E-state index in [2.05, 4.69) is 10.3 Å². The number of hydrogen-bond donors (Lipinski definition) is 1. The smallest absolute Gasteiger partial charge is 0.489 e. The van der Waals surface area contributed by atoms with Gasteiger partial charge >= 0.3 is 7.12 Å². The number of ether oxygens (including phenoxy) is 1. The lowest BCUT2D eigenvalue weighted by molar-refractivity contribution is -0.119. The lowest BCUT2D eigenvalue weighted by atomic mass is 9.79. The molecule has 0 bridgehead atoms. The fraction of sp³-hybridized carbons (Fsp3) is 0.579. The van der Waals surface area contributed by atoms with Gasteiger partial charge in [-0.05, 0) is 52.2 Å². The third-order valence-corrected chi connectivity index (χ3v) is 6.79. The van der Waals surface area contributed by atoms with Crippen LogP contribution in [0.1, 0.15) is 41.0 Å². The van der Waals surface area contributed by atoms with Crippen LogP contribution < -0.4 is 15.5 Å². The summed E-state index contributed by atoms with van der Waals surface area (Å²) in [6.45, 7) is 10.8. The second-order valence-corrected chi connectivity index (χ2v) is 9.25. The third kappa shape index (κ3) is 3.34. The Morgan fingerprint density at radius 3 is 2.63 bits per heavy atom. The maximum Gasteiger partial charge on any atom is 0.495 e. The summed E-state index contributed by atoms with van der Waals surface area (Å²) < 4.78 is 19.7. The van der Waals surface area contributed by atoms with Gasteiger partial charge in [0.15, 0.2) is 0 Å². The number of carbonyl (C=O) groups is 1. The molecule has 2 saturated heterocycles. The number of nitrogens with zero attached hydrogens (tertiary/aromatic N) is 1. The maximum atomic E-state index is 11.5. The summed E-state index contributed by atoms with van der Waals surface area (Å²) in [6, 6.07) is 4.00. The van der Waals surface area contributed by atoms with Gasteiger partial charge in [0.25, 0.3) is 0 Å². The Kier molecular flexibility index (Phi) is 4.48. The molecule has 2 atom stereocenters. The second kappa shape index (κ2) is 6.46. The minimum absolute atomic E-state index is 0.0807. The van der Waals surface area contributed by atoms with Crippen molar-refractivity contribution in [2.24, 2.45) is 5.92 Å². The van der Waals surface area contributed by atoms with Crippen molar-refractivity contribution in [2.75, 3.05) is 6.54 Å². The van der Waals surface area contributed by atoms with Crippen LogP contribution in [-0.2, 0) is 14.1 Å². The molecule has 1 aromatic carbocycles. The van der Waals surface area contributed by atoms with E-state index in [1.807, 2.05) is 52.3 Å². The van der Waals surface area contributed by atoms with Crippen LogP contribution in [0.3, 0.4) is 0 Å². The van der Waals surface area contributed by atoms with Crippen LogP contribution in [0.4, 0.5) is 0 Å². The van der Waals surface area contributed by atoms with Gasteiger partial charge in [-0.1, -0.05) is 0 Å². The maximum absolute atomic E-state index is 11.5. The zero-order valence-corrected chi connectivity index (χ0v) is 17.2. The third-order valence-electron chi connectivity index (χ3n) is 5.93. The Morgan fingerprint density at radius 2 is 2.00 bits per heavy atom. The van der Waals surface area contributed by atoms with Crippen molar-refractivity contribution >= 4 is 40.0 Å². The van der Waals surface area contributed by atoms with Crippen LogP contribution in [0, 0.1) is 5.92 Å². The van der Waals surface area contributed by atoms with E-state index in [1.54, 1.807) is 11.3 Å². The first kappa shape index (κ1) is 18.7. The first-order valence-electron chi connectivity index (χ1n) is 9.32. The van der Waals surface area contributed by atoms with Crippen molar-refractivity contribution < 1.29 is 18.8 Å². The number of benzene rings is 1. The summed E-state index contributed by atoms with van der Waals surface area (Å²) in [4.78, 5) is 16.0. The highest BCUT2D eigenvalue weighted by Crippen LogP contribution is 2.38. The number of hydrogen-bond acceptors (Lipinski definition) is 6. The molecular formula is C19H25BN2O4S. The summed E-state index contributed by atoms with van der Waals surface area (Å²) >= 11 is 1.55. The molecule has 0 unspecified atom stereocenters. The lowest BCUT2D eigenvalue weighted by Gasteiger charge is -2.32. The Morgan fingerprint density at radius 1 is 1.30 bits per heavy atom. The summed E-state index contributed by atoms with van der Waals surface area (Å²) in [5, 5.41) is 2.87. The highest BCUT2D eigenvalue weighted by Gasteiger charge is 2.52. The summed E-state index contributed by atoms with van der Waals surface area (Å²) in [5.41, 5.74) is 2.78. The molecule has 0 radical (unpaired) electrons. The van der Waals surface area contributed by atoms with Gasteiger partial charge < -0.3 is 19.4 Å². The number of rotatable bonds is 4. The Labute approximate surface area is 163 Å². The van der Waals surface area contributed by atoms with Gasteiger partial charge in [0.1, 0.15) is 11.9 Å². The van der Waals surface area contributed by atoms with Crippen molar-refractivity contribution in [3.05, 3.63) is 17.6 Å². The fourth-order valence-electron chi connectivity index (χ4n) is 3.42. The zero-order valence-electron chi connectivity index (χ0n) is 16.4. The van der Waals surface area contributed by atoms with Crippen LogP contribution in [-0.4, -0.2) is 41.9 Å². The van der Waals surface area contributed by atoms with Crippen molar-refractivity contribution in [3.63, 3.8) is 0 Å². The molecule has 1 amide bonds. The van der Waals surface area contributed by atoms with Gasteiger partial charge in [0.2, 0.25) is 5.91 Å². The number of thiazole rings is 1. The zero-order chi connectivity index (χ0) is 19.4. The van der Waals surface area contributed by atoms with E-state index in [9.17, 15) is 4.79 Å². The largest absolute Gasteiger partial charge is 0.495 e. The Balaban J connectivity index is 1.63. The Hall–Kier alpha value is -1.64. The molecule has 144 valence electrons. The molecule has 1 N–H and O–H groups in total. The van der Waals surface area contributed by atoms with Gasteiger partial charge in [0, 0.05) is 18.9 Å². The number of nitrogens with one attached hydrogen (secondary N) is 1. The van der Waals surface area contributed by atoms with Crippen LogP contribution in [0.2, 0.25) is 0 Å². The molecule has 2 aromatic rings. The first-order valence-corrected chi connectivity index (χ1v) is 10.2. The molecule has 0 aliphatic carbocycles. The van der Waals surface area contributed by atoms with Crippen LogP contribution >= 0.6 is 11.3 Å². The Bertz CT molecular complexity index is 866. The molecule has 0 spiro atoms. The van der Waals surface area contributed by atoms with E-state index in [4.69, 9.17) is 14.0 Å². The molecule has 8 heteroatoms. The summed E-state index contributed by atoms with van der Waals surface area (Å²) in [7, 11) is -0.464. The molecule has 2 aliphatic rings. The monoisotopic (exact) mass is 388 g/mol. The summed E-state index contributed by atoms with van der Waals surface area (Å²) in [5.74, 6) is 1.02. The molecule has 3 heterocycles. The van der Waals surface area contributed by atoms with Gasteiger partial charge in [0.05, 0.1) is 26.9 Å². The van der Waals surface area contributed by atoms with E-state index < -0.39 is 18.3 Å². The number of carbonyl (C=O) groups excluding carboxylic acids is 1. The average molecular weight is 388 g/mol. The SMILES string of the molecule is C[C@@H](Oc1cc(B2OC(C)(C)C(C)(C)O2)cc2ncsc12)[C@H]1CNC(=O)C1. The molecule has 0 saturated carbocycles. The minimum Gasteiger partial charge on any atom is -0.489 e. The predicted molar refractivity (Wildman–Crippen MR) is 107 cm³/mol. The van der Waals surface area contributed by atoms with Crippen LogP contribution in [0.5, 0.6) is 5.75 Å². The van der Waals surface area contributed by atoms with Crippen molar-refractivity contribution in [1.82, 2.24) is 10.3 Å². The van der Waals surface area contributed by atoms with Gasteiger partial charge in [-0.3, -0.25) is 4.79 Å². The predicted octanol–water partition coefficient (Wildman–Crippen LogP) is 2.50. The van der Waals surface area contributed by atoms with Gasteiger partial charge in [-0.25, -0.2) is 4.98 Å². The van der Waals surface area contributed by atoms with Crippen molar-refractivity contribution in [1.29, 1.82) is 0 Å². The number of amides is 1. The van der Waals surface area contributed by atoms with Gasteiger partial charge in [-0.2, -0.15) is 0 Å². The molecule has 1 aromatic heterocycles. The van der Waals surface area contributed by atoms with E-state index in [1.165, 1.54) is 0 Å². The van der Waals surface area contributed by atoms with Crippen LogP contribution in [0.15, 0.2) is 17.6 Å². The van der Waals surface area contributed by atoms with E-state index >= 15 is 0 Å². The molecule has 2 fully saturated rings. The molecule has 4 rings (SSSR count). The quantitative estimate of drug-likeness (QED) is 0.816. The molecular weight excluding hydrogens is 363 g/mol. The summed E-state index contributed by atoms with van der Waals surface area (Å²) in [6.07, 6.45) is 0.423. The highest BCUT2D eigenvalue weighted by molar-refractivity contribution is 7.17. The van der Waals surface area contributed by atoms with E-state index in [0.717, 1.165) is 21.4 Å². The highest BCUT2D eigenvalue weighted by atomic mass is 32.1. The van der Waals surface area contributed by atoms with Crippen molar-refractivity contribution in [2.45, 2.75) is 58.3 Å². The normalized spacial score (nSPS) is 25.0. The lowest BCUT2D eigenvalue weighted by Crippen LogP contribution is -2.41. The second-order valence-electron chi connectivity index (χ2n) is 8.40. The first-order chi connectivity index (χ1) is 12.7. The number of fused-ring (bicyclic) bond motifs is 1. The standard InChI is InChI=1S/C19H25BN2O4S/c1-11(12-6-16(23)21-9-12)24-15-8-13(7-14-17(15)27-10-22-14)20-25-18(2,3)19(4,5)26-20/h7-8,10-12H,6,9H2,1-5H3,(H,21,23)/t11-,12-/m1/s1. The minimum atomic E-state index is -0.464. The number of aromatic nitrogens is 1. The fourth-order valence-corrected chi connectivity index (χ4v) is 4.14. The average Bonchev–Trinajstić information content (AvgIpc) is 3.26. The molecule has 27 heavy (non-hydrogen) atoms. The van der Waals surface area contributed by atoms with E-state index in [0.29, 0.717) is 13.0 Å². The van der Waals surface area contributed by atoms with Crippen molar-refractivity contribution in [3.8, 4) is 5.75 Å².